The topological polar surface area (TPSA) is 47.1 Å². The van der Waals surface area contributed by atoms with Gasteiger partial charge in [-0.05, 0) is 38.4 Å². The lowest BCUT2D eigenvalue weighted by atomic mass is 9.96. The molecular formula is C15H28N4. The van der Waals surface area contributed by atoms with Crippen LogP contribution >= 0.6 is 0 Å². The molecule has 1 aromatic heterocycles. The molecular weight excluding hydrogens is 236 g/mol. The Bertz CT molecular complexity index is 368. The van der Waals surface area contributed by atoms with Crippen LogP contribution in [0.3, 0.4) is 0 Å². The average Bonchev–Trinajstić information content (AvgIpc) is 2.88. The van der Waals surface area contributed by atoms with Gasteiger partial charge in [0.25, 0.3) is 0 Å². The van der Waals surface area contributed by atoms with E-state index in [1.54, 1.807) is 0 Å². The van der Waals surface area contributed by atoms with Crippen molar-refractivity contribution in [3.05, 3.63) is 18.0 Å². The highest BCUT2D eigenvalue weighted by molar-refractivity contribution is 5.00. The first kappa shape index (κ1) is 14.5. The summed E-state index contributed by atoms with van der Waals surface area (Å²) in [4.78, 5) is 2.31. The minimum atomic E-state index is 0.547. The molecule has 0 radical (unpaired) electrons. The predicted molar refractivity (Wildman–Crippen MR) is 78.9 cm³/mol. The number of nitrogens with zero attached hydrogens (tertiary/aromatic N) is 3. The molecule has 0 aliphatic heterocycles. The van der Waals surface area contributed by atoms with Crippen LogP contribution in [0.2, 0.25) is 0 Å². The molecule has 2 rings (SSSR count). The molecule has 4 heteroatoms. The first-order valence-corrected chi connectivity index (χ1v) is 7.61. The van der Waals surface area contributed by atoms with E-state index in [4.69, 9.17) is 10.8 Å². The molecule has 0 aromatic carbocycles. The Morgan fingerprint density at radius 1 is 1.42 bits per heavy atom. The molecule has 1 saturated carbocycles. The van der Waals surface area contributed by atoms with Gasteiger partial charge in [-0.1, -0.05) is 26.2 Å². The Labute approximate surface area is 117 Å². The van der Waals surface area contributed by atoms with E-state index in [-0.39, 0.29) is 0 Å². The van der Waals surface area contributed by atoms with Gasteiger partial charge in [0.15, 0.2) is 0 Å². The van der Waals surface area contributed by atoms with Gasteiger partial charge in [-0.25, -0.2) is 0 Å². The molecule has 1 atom stereocenters. The molecule has 0 spiro atoms. The highest BCUT2D eigenvalue weighted by Gasteiger charge is 2.16. The lowest BCUT2D eigenvalue weighted by Crippen LogP contribution is -2.28. The summed E-state index contributed by atoms with van der Waals surface area (Å²) in [6.45, 7) is 4.90. The Balaban J connectivity index is 1.86. The van der Waals surface area contributed by atoms with Crippen molar-refractivity contribution in [1.82, 2.24) is 14.7 Å². The molecule has 108 valence electrons. The monoisotopic (exact) mass is 264 g/mol. The standard InChI is InChI=1S/C15H28N4/c1-13(10-16)11-18(2)12-14-8-9-19(17-14)15-6-4-3-5-7-15/h8-9,13,15H,3-7,10-12,16H2,1-2H3. The number of nitrogens with two attached hydrogens (primary N) is 1. The van der Waals surface area contributed by atoms with E-state index in [1.165, 1.54) is 37.8 Å². The Kier molecular flexibility index (Phi) is 5.40. The van der Waals surface area contributed by atoms with E-state index in [2.05, 4.69) is 35.8 Å². The number of hydrogen-bond donors (Lipinski definition) is 1. The van der Waals surface area contributed by atoms with Crippen molar-refractivity contribution < 1.29 is 0 Å². The van der Waals surface area contributed by atoms with Crippen LogP contribution < -0.4 is 5.73 Å². The lowest BCUT2D eigenvalue weighted by Gasteiger charge is -2.22. The van der Waals surface area contributed by atoms with E-state index in [0.29, 0.717) is 12.0 Å². The van der Waals surface area contributed by atoms with Crippen molar-refractivity contribution >= 4 is 0 Å². The predicted octanol–water partition coefficient (Wildman–Crippen LogP) is 2.41. The SMILES string of the molecule is CC(CN)CN(C)Cc1ccn(C2CCCCC2)n1. The molecule has 1 aromatic rings. The maximum atomic E-state index is 5.67. The fourth-order valence-electron chi connectivity index (χ4n) is 2.96. The van der Waals surface area contributed by atoms with E-state index < -0.39 is 0 Å². The Hall–Kier alpha value is -0.870. The van der Waals surface area contributed by atoms with Crippen LogP contribution in [-0.2, 0) is 6.54 Å². The normalized spacial score (nSPS) is 18.9. The van der Waals surface area contributed by atoms with Crippen molar-refractivity contribution in [1.29, 1.82) is 0 Å². The smallest absolute Gasteiger partial charge is 0.0764 e. The summed E-state index contributed by atoms with van der Waals surface area (Å²) in [6.07, 6.45) is 8.85. The minimum Gasteiger partial charge on any atom is -0.330 e. The van der Waals surface area contributed by atoms with Crippen LogP contribution in [0, 0.1) is 5.92 Å². The summed E-state index contributed by atoms with van der Waals surface area (Å²) < 4.78 is 2.19. The van der Waals surface area contributed by atoms with Gasteiger partial charge < -0.3 is 10.6 Å². The maximum Gasteiger partial charge on any atom is 0.0764 e. The van der Waals surface area contributed by atoms with Crippen LogP contribution in [0.15, 0.2) is 12.3 Å². The fraction of sp³-hybridized carbons (Fsp3) is 0.800. The van der Waals surface area contributed by atoms with E-state index >= 15 is 0 Å². The van der Waals surface area contributed by atoms with Crippen molar-refractivity contribution in [2.45, 2.75) is 51.6 Å². The number of aromatic nitrogens is 2. The van der Waals surface area contributed by atoms with Gasteiger partial charge in [-0.15, -0.1) is 0 Å². The van der Waals surface area contributed by atoms with Gasteiger partial charge >= 0.3 is 0 Å². The summed E-state index contributed by atoms with van der Waals surface area (Å²) >= 11 is 0. The molecule has 1 unspecified atom stereocenters. The average molecular weight is 264 g/mol. The molecule has 1 fully saturated rings. The van der Waals surface area contributed by atoms with Crippen LogP contribution in [0.25, 0.3) is 0 Å². The highest BCUT2D eigenvalue weighted by Crippen LogP contribution is 2.27. The zero-order chi connectivity index (χ0) is 13.7. The molecule has 0 bridgehead atoms. The van der Waals surface area contributed by atoms with E-state index in [1.807, 2.05) is 0 Å². The van der Waals surface area contributed by atoms with Gasteiger partial charge in [0.1, 0.15) is 0 Å². The Morgan fingerprint density at radius 2 is 2.16 bits per heavy atom. The molecule has 1 aliphatic carbocycles. The number of hydrogen-bond acceptors (Lipinski definition) is 3. The maximum absolute atomic E-state index is 5.67. The van der Waals surface area contributed by atoms with Crippen molar-refractivity contribution in [2.24, 2.45) is 11.7 Å². The quantitative estimate of drug-likeness (QED) is 0.858. The molecule has 0 saturated heterocycles. The molecule has 19 heavy (non-hydrogen) atoms. The van der Waals surface area contributed by atoms with Crippen LogP contribution in [0.4, 0.5) is 0 Å². The van der Waals surface area contributed by atoms with Crippen LogP contribution in [0.5, 0.6) is 0 Å². The van der Waals surface area contributed by atoms with Crippen molar-refractivity contribution in [3.8, 4) is 0 Å². The third-order valence-corrected chi connectivity index (χ3v) is 4.07. The molecule has 1 heterocycles. The van der Waals surface area contributed by atoms with Gasteiger partial charge in [0.2, 0.25) is 0 Å². The first-order chi connectivity index (χ1) is 9.19. The summed E-state index contributed by atoms with van der Waals surface area (Å²) in [6, 6.07) is 2.80. The second-order valence-corrected chi connectivity index (χ2v) is 6.12. The lowest BCUT2D eigenvalue weighted by molar-refractivity contribution is 0.274. The third kappa shape index (κ3) is 4.32. The van der Waals surface area contributed by atoms with Gasteiger partial charge in [-0.3, -0.25) is 4.68 Å². The second kappa shape index (κ2) is 7.06. The second-order valence-electron chi connectivity index (χ2n) is 6.12. The van der Waals surface area contributed by atoms with Crippen molar-refractivity contribution in [3.63, 3.8) is 0 Å². The van der Waals surface area contributed by atoms with Gasteiger partial charge in [-0.2, -0.15) is 5.10 Å². The van der Waals surface area contributed by atoms with E-state index in [9.17, 15) is 0 Å². The first-order valence-electron chi connectivity index (χ1n) is 7.61. The van der Waals surface area contributed by atoms with E-state index in [0.717, 1.165) is 19.6 Å². The zero-order valence-corrected chi connectivity index (χ0v) is 12.4. The van der Waals surface area contributed by atoms with Gasteiger partial charge in [0, 0.05) is 19.3 Å². The minimum absolute atomic E-state index is 0.547. The fourth-order valence-corrected chi connectivity index (χ4v) is 2.96. The third-order valence-electron chi connectivity index (χ3n) is 4.07. The highest BCUT2D eigenvalue weighted by atomic mass is 15.3. The van der Waals surface area contributed by atoms with Gasteiger partial charge in [0.05, 0.1) is 11.7 Å². The summed E-state index contributed by atoms with van der Waals surface area (Å²) in [5.41, 5.74) is 6.85. The van der Waals surface area contributed by atoms with Crippen LogP contribution in [0.1, 0.15) is 50.8 Å². The van der Waals surface area contributed by atoms with Crippen molar-refractivity contribution in [2.75, 3.05) is 20.1 Å². The van der Waals surface area contributed by atoms with Crippen LogP contribution in [-0.4, -0.2) is 34.8 Å². The zero-order valence-electron chi connectivity index (χ0n) is 12.4. The largest absolute Gasteiger partial charge is 0.330 e. The molecule has 1 aliphatic rings. The number of rotatable bonds is 6. The molecule has 4 nitrogen and oxygen atoms in total. The molecule has 2 N–H and O–H groups in total. The Morgan fingerprint density at radius 3 is 2.84 bits per heavy atom. The molecule has 0 amide bonds. The summed E-state index contributed by atoms with van der Waals surface area (Å²) in [7, 11) is 2.14. The summed E-state index contributed by atoms with van der Waals surface area (Å²) in [5, 5.41) is 4.75. The summed E-state index contributed by atoms with van der Waals surface area (Å²) in [5.74, 6) is 0.547.